The number of carbonyl (C=O) groups is 1. The number of carbonyl (C=O) groups excluding carboxylic acids is 1. The predicted molar refractivity (Wildman–Crippen MR) is 77.6 cm³/mol. The molecule has 19 heavy (non-hydrogen) atoms. The molecule has 1 saturated heterocycles. The second-order valence-electron chi connectivity index (χ2n) is 5.34. The van der Waals surface area contributed by atoms with Crippen molar-refractivity contribution in [1.82, 2.24) is 15.1 Å². The molecule has 1 aliphatic rings. The van der Waals surface area contributed by atoms with Crippen molar-refractivity contribution in [2.24, 2.45) is 11.7 Å². The molecule has 0 radical (unpaired) electrons. The summed E-state index contributed by atoms with van der Waals surface area (Å²) in [6.07, 6.45) is 2.04. The summed E-state index contributed by atoms with van der Waals surface area (Å²) in [5, 5.41) is 6.99. The molecule has 0 aliphatic carbocycles. The van der Waals surface area contributed by atoms with E-state index < -0.39 is 0 Å². The Morgan fingerprint density at radius 3 is 2.74 bits per heavy atom. The van der Waals surface area contributed by atoms with Gasteiger partial charge >= 0.3 is 0 Å². The second kappa shape index (κ2) is 6.39. The Kier molecular flexibility index (Phi) is 5.38. The van der Waals surface area contributed by atoms with Crippen LogP contribution in [-0.4, -0.2) is 40.1 Å². The van der Waals surface area contributed by atoms with E-state index in [1.165, 1.54) is 0 Å². The Balaban J connectivity index is 0.00000180. The van der Waals surface area contributed by atoms with Crippen molar-refractivity contribution in [3.63, 3.8) is 0 Å². The largest absolute Gasteiger partial charge is 0.333 e. The molecule has 6 heteroatoms. The van der Waals surface area contributed by atoms with Crippen LogP contribution in [0.1, 0.15) is 41.5 Å². The van der Waals surface area contributed by atoms with Gasteiger partial charge in [-0.2, -0.15) is 5.10 Å². The number of aromatic nitrogens is 2. The third-order valence-electron chi connectivity index (χ3n) is 3.97. The first kappa shape index (κ1) is 16.0. The molecule has 108 valence electrons. The molecule has 1 aromatic heterocycles. The molecule has 2 atom stereocenters. The van der Waals surface area contributed by atoms with E-state index in [1.54, 1.807) is 0 Å². The van der Waals surface area contributed by atoms with Crippen LogP contribution >= 0.6 is 12.4 Å². The summed E-state index contributed by atoms with van der Waals surface area (Å²) in [6, 6.07) is 0.151. The lowest BCUT2D eigenvalue weighted by Crippen LogP contribution is -2.49. The normalized spacial score (nSPS) is 23.1. The van der Waals surface area contributed by atoms with Crippen LogP contribution in [0.25, 0.3) is 0 Å². The number of nitrogens with one attached hydrogen (secondary N) is 1. The van der Waals surface area contributed by atoms with Gasteiger partial charge in [0.25, 0.3) is 5.91 Å². The average molecular weight is 287 g/mol. The van der Waals surface area contributed by atoms with Crippen LogP contribution in [0.2, 0.25) is 0 Å². The van der Waals surface area contributed by atoms with E-state index in [0.29, 0.717) is 18.2 Å². The highest BCUT2D eigenvalue weighted by molar-refractivity contribution is 5.94. The van der Waals surface area contributed by atoms with Crippen molar-refractivity contribution in [2.45, 2.75) is 39.7 Å². The third kappa shape index (κ3) is 3.09. The zero-order valence-electron chi connectivity index (χ0n) is 11.8. The van der Waals surface area contributed by atoms with E-state index in [0.717, 1.165) is 30.6 Å². The molecule has 0 saturated carbocycles. The Bertz CT molecular complexity index is 446. The second-order valence-corrected chi connectivity index (χ2v) is 5.34. The number of likely N-dealkylation sites (tertiary alicyclic amines) is 1. The lowest BCUT2D eigenvalue weighted by molar-refractivity contribution is 0.0567. The van der Waals surface area contributed by atoms with Crippen LogP contribution in [0.4, 0.5) is 0 Å². The minimum absolute atomic E-state index is 0. The van der Waals surface area contributed by atoms with Gasteiger partial charge in [0.1, 0.15) is 0 Å². The molecule has 2 unspecified atom stereocenters. The number of rotatable bonds is 2. The first-order valence-corrected chi connectivity index (χ1v) is 6.57. The van der Waals surface area contributed by atoms with Crippen LogP contribution in [0.3, 0.4) is 0 Å². The van der Waals surface area contributed by atoms with E-state index >= 15 is 0 Å². The lowest BCUT2D eigenvalue weighted by atomic mass is 9.92. The van der Waals surface area contributed by atoms with Crippen LogP contribution < -0.4 is 5.73 Å². The van der Waals surface area contributed by atoms with Crippen molar-refractivity contribution in [1.29, 1.82) is 0 Å². The molecule has 1 fully saturated rings. The molecule has 5 nitrogen and oxygen atoms in total. The van der Waals surface area contributed by atoms with E-state index in [-0.39, 0.29) is 24.4 Å². The Labute approximate surface area is 120 Å². The fraction of sp³-hybridized carbons (Fsp3) is 0.692. The van der Waals surface area contributed by atoms with Crippen LogP contribution in [0.5, 0.6) is 0 Å². The molecule has 1 aromatic rings. The van der Waals surface area contributed by atoms with Gasteiger partial charge in [0.15, 0.2) is 5.69 Å². The maximum absolute atomic E-state index is 12.5. The molecule has 0 aromatic carbocycles. The summed E-state index contributed by atoms with van der Waals surface area (Å²) >= 11 is 0. The standard InChI is InChI=1S/C13H22N4O.ClH/c1-8-4-5-17(11(6-8)7-14)13(18)12-9(2)10(3)15-16-12;/h8,11H,4-7,14H2,1-3H3,(H,15,16);1H. The molecular weight excluding hydrogens is 264 g/mol. The Morgan fingerprint density at radius 1 is 1.53 bits per heavy atom. The van der Waals surface area contributed by atoms with Gasteiger partial charge in [-0.05, 0) is 32.6 Å². The molecule has 2 heterocycles. The number of halogens is 1. The maximum atomic E-state index is 12.5. The summed E-state index contributed by atoms with van der Waals surface area (Å²) in [5.74, 6) is 0.656. The summed E-state index contributed by atoms with van der Waals surface area (Å²) in [5.41, 5.74) is 8.23. The minimum atomic E-state index is 0. The number of hydrogen-bond acceptors (Lipinski definition) is 3. The highest BCUT2D eigenvalue weighted by Crippen LogP contribution is 2.24. The third-order valence-corrected chi connectivity index (χ3v) is 3.97. The van der Waals surface area contributed by atoms with E-state index in [2.05, 4.69) is 17.1 Å². The zero-order chi connectivity index (χ0) is 13.3. The van der Waals surface area contributed by atoms with E-state index in [4.69, 9.17) is 5.73 Å². The van der Waals surface area contributed by atoms with Crippen molar-refractivity contribution in [3.8, 4) is 0 Å². The van der Waals surface area contributed by atoms with Gasteiger partial charge in [-0.25, -0.2) is 0 Å². The lowest BCUT2D eigenvalue weighted by Gasteiger charge is -2.37. The van der Waals surface area contributed by atoms with Crippen LogP contribution in [-0.2, 0) is 0 Å². The molecule has 1 aliphatic heterocycles. The quantitative estimate of drug-likeness (QED) is 0.868. The summed E-state index contributed by atoms with van der Waals surface area (Å²) in [6.45, 7) is 7.38. The van der Waals surface area contributed by atoms with Crippen molar-refractivity contribution in [3.05, 3.63) is 17.0 Å². The number of nitrogens with zero attached hydrogens (tertiary/aromatic N) is 2. The first-order valence-electron chi connectivity index (χ1n) is 6.57. The summed E-state index contributed by atoms with van der Waals surface area (Å²) in [4.78, 5) is 14.4. The summed E-state index contributed by atoms with van der Waals surface area (Å²) in [7, 11) is 0. The fourth-order valence-corrected chi connectivity index (χ4v) is 2.57. The van der Waals surface area contributed by atoms with Gasteiger partial charge < -0.3 is 10.6 Å². The smallest absolute Gasteiger partial charge is 0.274 e. The SMILES string of the molecule is Cc1[nH]nc(C(=O)N2CCC(C)CC2CN)c1C.Cl. The van der Waals surface area contributed by atoms with Gasteiger partial charge in [0.05, 0.1) is 0 Å². The van der Waals surface area contributed by atoms with Crippen molar-refractivity contribution >= 4 is 18.3 Å². The highest BCUT2D eigenvalue weighted by atomic mass is 35.5. The molecule has 1 amide bonds. The van der Waals surface area contributed by atoms with E-state index in [9.17, 15) is 4.79 Å². The Morgan fingerprint density at radius 2 is 2.21 bits per heavy atom. The van der Waals surface area contributed by atoms with Crippen LogP contribution in [0, 0.1) is 19.8 Å². The topological polar surface area (TPSA) is 75.0 Å². The molecule has 0 spiro atoms. The number of hydrogen-bond donors (Lipinski definition) is 2. The van der Waals surface area contributed by atoms with Crippen molar-refractivity contribution < 1.29 is 4.79 Å². The average Bonchev–Trinajstić information content (AvgIpc) is 2.69. The molecule has 0 bridgehead atoms. The maximum Gasteiger partial charge on any atom is 0.274 e. The summed E-state index contributed by atoms with van der Waals surface area (Å²) < 4.78 is 0. The van der Waals surface area contributed by atoms with Gasteiger partial charge in [0.2, 0.25) is 0 Å². The number of piperidine rings is 1. The predicted octanol–water partition coefficient (Wildman–Crippen LogP) is 1.65. The van der Waals surface area contributed by atoms with Gasteiger partial charge in [0, 0.05) is 30.4 Å². The number of amides is 1. The fourth-order valence-electron chi connectivity index (χ4n) is 2.57. The number of H-pyrrole nitrogens is 1. The molecule has 3 N–H and O–H groups in total. The van der Waals surface area contributed by atoms with Gasteiger partial charge in [-0.15, -0.1) is 12.4 Å². The first-order chi connectivity index (χ1) is 8.54. The number of nitrogens with two attached hydrogens (primary N) is 1. The number of aryl methyl sites for hydroxylation is 1. The Hall–Kier alpha value is -1.07. The van der Waals surface area contributed by atoms with Crippen molar-refractivity contribution in [2.75, 3.05) is 13.1 Å². The van der Waals surface area contributed by atoms with Gasteiger partial charge in [-0.3, -0.25) is 9.89 Å². The number of aromatic amines is 1. The minimum Gasteiger partial charge on any atom is -0.333 e. The zero-order valence-corrected chi connectivity index (χ0v) is 12.6. The highest BCUT2D eigenvalue weighted by Gasteiger charge is 2.31. The monoisotopic (exact) mass is 286 g/mol. The molecule has 2 rings (SSSR count). The van der Waals surface area contributed by atoms with Crippen LogP contribution in [0.15, 0.2) is 0 Å². The molecular formula is C13H23ClN4O. The van der Waals surface area contributed by atoms with Gasteiger partial charge in [-0.1, -0.05) is 6.92 Å². The van der Waals surface area contributed by atoms with E-state index in [1.807, 2.05) is 18.7 Å².